The minimum atomic E-state index is -4.87. The Morgan fingerprint density at radius 2 is 2.14 bits per heavy atom. The average Bonchev–Trinajstić information content (AvgIpc) is 2.01. The molecule has 0 amide bonds. The monoisotopic (exact) mass is 204 g/mol. The normalized spacial score (nSPS) is 14.1. The smallest absolute Gasteiger partial charge is 0.449 e. The summed E-state index contributed by atoms with van der Waals surface area (Å²) in [6, 6.07) is -0.508. The third-order valence-electron chi connectivity index (χ3n) is 1.71. The SMILES string of the molecule is CC(N)c1ncncc1C[B-](F)(F)F. The van der Waals surface area contributed by atoms with Crippen LogP contribution in [0, 0.1) is 0 Å². The van der Waals surface area contributed by atoms with Crippen molar-refractivity contribution in [1.82, 2.24) is 9.97 Å². The van der Waals surface area contributed by atoms with Crippen LogP contribution in [0.3, 0.4) is 0 Å². The summed E-state index contributed by atoms with van der Waals surface area (Å²) in [5.74, 6) is 0. The maximum absolute atomic E-state index is 12.2. The Kier molecular flexibility index (Phi) is 3.10. The number of hydrogen-bond acceptors (Lipinski definition) is 3. The lowest BCUT2D eigenvalue weighted by Crippen LogP contribution is -2.22. The highest BCUT2D eigenvalue weighted by Gasteiger charge is 2.25. The van der Waals surface area contributed by atoms with Gasteiger partial charge in [-0.15, -0.1) is 0 Å². The molecular weight excluding hydrogens is 194 g/mol. The lowest BCUT2D eigenvalue weighted by molar-refractivity contribution is 0.467. The number of nitrogens with zero attached hydrogens (tertiary/aromatic N) is 2. The van der Waals surface area contributed by atoms with Gasteiger partial charge in [0.25, 0.3) is 0 Å². The molecule has 78 valence electrons. The molecule has 0 bridgehead atoms. The topological polar surface area (TPSA) is 51.8 Å². The third-order valence-corrected chi connectivity index (χ3v) is 1.71. The Hall–Kier alpha value is -1.11. The summed E-state index contributed by atoms with van der Waals surface area (Å²) >= 11 is 0. The minimum Gasteiger partial charge on any atom is -0.449 e. The second kappa shape index (κ2) is 3.95. The van der Waals surface area contributed by atoms with Gasteiger partial charge in [0, 0.05) is 12.2 Å². The highest BCUT2D eigenvalue weighted by Crippen LogP contribution is 2.19. The van der Waals surface area contributed by atoms with Crippen molar-refractivity contribution in [3.63, 3.8) is 0 Å². The van der Waals surface area contributed by atoms with Crippen molar-refractivity contribution >= 4 is 6.98 Å². The number of halogens is 3. The van der Waals surface area contributed by atoms with Crippen LogP contribution in [0.5, 0.6) is 0 Å². The van der Waals surface area contributed by atoms with Crippen LogP contribution in [0.15, 0.2) is 12.5 Å². The molecule has 1 atom stereocenters. The van der Waals surface area contributed by atoms with Crippen molar-refractivity contribution in [2.75, 3.05) is 0 Å². The Balaban J connectivity index is 2.96. The van der Waals surface area contributed by atoms with Gasteiger partial charge in [0.15, 0.2) is 0 Å². The standard InChI is InChI=1S/C7H10BF3N3/c1-5(12)7-6(2-8(9,10)11)3-13-4-14-7/h3-5H,2,12H2,1H3/q-1. The van der Waals surface area contributed by atoms with E-state index in [0.29, 0.717) is 0 Å². The number of aromatic nitrogens is 2. The van der Waals surface area contributed by atoms with Crippen molar-refractivity contribution in [1.29, 1.82) is 0 Å². The first-order chi connectivity index (χ1) is 6.40. The van der Waals surface area contributed by atoms with Gasteiger partial charge < -0.3 is 18.7 Å². The maximum atomic E-state index is 12.2. The van der Waals surface area contributed by atoms with E-state index in [1.165, 1.54) is 12.5 Å². The van der Waals surface area contributed by atoms with Crippen LogP contribution in [0.1, 0.15) is 24.2 Å². The second-order valence-electron chi connectivity index (χ2n) is 3.14. The number of hydrogen-bond donors (Lipinski definition) is 1. The maximum Gasteiger partial charge on any atom is 0.482 e. The molecule has 0 saturated carbocycles. The van der Waals surface area contributed by atoms with E-state index in [1.54, 1.807) is 6.92 Å². The molecule has 0 aliphatic rings. The molecule has 1 aromatic heterocycles. The zero-order valence-corrected chi connectivity index (χ0v) is 7.62. The number of nitrogens with two attached hydrogens (primary N) is 1. The molecule has 0 aliphatic carbocycles. The van der Waals surface area contributed by atoms with Gasteiger partial charge in [-0.1, -0.05) is 6.32 Å². The van der Waals surface area contributed by atoms with Crippen molar-refractivity contribution in [3.8, 4) is 0 Å². The summed E-state index contributed by atoms with van der Waals surface area (Å²) in [4.78, 5) is 7.29. The molecule has 0 radical (unpaired) electrons. The van der Waals surface area contributed by atoms with Crippen molar-refractivity contribution in [2.45, 2.75) is 19.3 Å². The minimum absolute atomic E-state index is 0.0648. The second-order valence-corrected chi connectivity index (χ2v) is 3.14. The van der Waals surface area contributed by atoms with Crippen LogP contribution in [0.4, 0.5) is 12.9 Å². The molecule has 1 rings (SSSR count). The lowest BCUT2D eigenvalue weighted by atomic mass is 9.81. The van der Waals surface area contributed by atoms with Crippen LogP contribution in [0.25, 0.3) is 0 Å². The van der Waals surface area contributed by atoms with E-state index < -0.39 is 19.3 Å². The molecule has 7 heteroatoms. The number of rotatable bonds is 3. The van der Waals surface area contributed by atoms with Crippen LogP contribution < -0.4 is 5.73 Å². The molecule has 1 aromatic rings. The fourth-order valence-corrected chi connectivity index (χ4v) is 1.18. The largest absolute Gasteiger partial charge is 0.482 e. The van der Waals surface area contributed by atoms with E-state index in [9.17, 15) is 12.9 Å². The summed E-state index contributed by atoms with van der Waals surface area (Å²) in [7, 11) is 0. The molecule has 2 N–H and O–H groups in total. The Bertz CT molecular complexity index is 313. The molecule has 14 heavy (non-hydrogen) atoms. The Morgan fingerprint density at radius 1 is 1.50 bits per heavy atom. The summed E-state index contributed by atoms with van der Waals surface area (Å²) in [6.45, 7) is -3.27. The first-order valence-electron chi connectivity index (χ1n) is 4.15. The predicted molar refractivity (Wildman–Crippen MR) is 47.4 cm³/mol. The van der Waals surface area contributed by atoms with Crippen LogP contribution in [-0.2, 0) is 6.32 Å². The molecule has 0 saturated heterocycles. The molecule has 1 unspecified atom stereocenters. The van der Waals surface area contributed by atoms with Gasteiger partial charge in [0.2, 0.25) is 0 Å². The highest BCUT2D eigenvalue weighted by atomic mass is 19.4. The Labute approximate surface area is 79.6 Å². The van der Waals surface area contributed by atoms with Gasteiger partial charge in [-0.25, -0.2) is 9.97 Å². The van der Waals surface area contributed by atoms with Gasteiger partial charge in [-0.3, -0.25) is 0 Å². The van der Waals surface area contributed by atoms with E-state index in [1.807, 2.05) is 0 Å². The van der Waals surface area contributed by atoms with E-state index in [4.69, 9.17) is 5.73 Å². The van der Waals surface area contributed by atoms with Gasteiger partial charge in [-0.2, -0.15) is 0 Å². The van der Waals surface area contributed by atoms with Gasteiger partial charge in [0.1, 0.15) is 6.33 Å². The van der Waals surface area contributed by atoms with Crippen molar-refractivity contribution in [2.24, 2.45) is 5.73 Å². The first kappa shape index (κ1) is 11.0. The van der Waals surface area contributed by atoms with Crippen LogP contribution >= 0.6 is 0 Å². The molecule has 1 heterocycles. The van der Waals surface area contributed by atoms with Gasteiger partial charge in [-0.05, 0) is 12.5 Å². The van der Waals surface area contributed by atoms with Crippen LogP contribution in [-0.4, -0.2) is 16.9 Å². The molecule has 0 fully saturated rings. The summed E-state index contributed by atoms with van der Waals surface area (Å²) in [5.41, 5.74) is 5.81. The fraction of sp³-hybridized carbons (Fsp3) is 0.429. The van der Waals surface area contributed by atoms with Gasteiger partial charge >= 0.3 is 6.98 Å². The molecule has 0 spiro atoms. The first-order valence-corrected chi connectivity index (χ1v) is 4.15. The summed E-state index contributed by atoms with van der Waals surface area (Å²) in [5, 5.41) is 0. The quantitative estimate of drug-likeness (QED) is 0.757. The van der Waals surface area contributed by atoms with Crippen molar-refractivity contribution in [3.05, 3.63) is 23.8 Å². The van der Waals surface area contributed by atoms with Gasteiger partial charge in [0.05, 0.1) is 5.69 Å². The molecular formula is C7H10BF3N3-. The van der Waals surface area contributed by atoms with E-state index >= 15 is 0 Å². The van der Waals surface area contributed by atoms with E-state index in [2.05, 4.69) is 9.97 Å². The zero-order chi connectivity index (χ0) is 10.8. The van der Waals surface area contributed by atoms with E-state index in [0.717, 1.165) is 0 Å². The Morgan fingerprint density at radius 3 is 2.64 bits per heavy atom. The van der Waals surface area contributed by atoms with Crippen LogP contribution in [0.2, 0.25) is 0 Å². The molecule has 0 aliphatic heterocycles. The predicted octanol–water partition coefficient (Wildman–Crippen LogP) is 1.43. The average molecular weight is 204 g/mol. The zero-order valence-electron chi connectivity index (χ0n) is 7.62. The summed E-state index contributed by atoms with van der Waals surface area (Å²) < 4.78 is 36.5. The molecule has 3 nitrogen and oxygen atoms in total. The molecule has 0 aromatic carbocycles. The summed E-state index contributed by atoms with van der Waals surface area (Å²) in [6.07, 6.45) is 1.39. The third kappa shape index (κ3) is 2.99. The van der Waals surface area contributed by atoms with Crippen molar-refractivity contribution < 1.29 is 12.9 Å². The fourth-order valence-electron chi connectivity index (χ4n) is 1.18. The van der Waals surface area contributed by atoms with E-state index in [-0.39, 0.29) is 11.3 Å². The lowest BCUT2D eigenvalue weighted by Gasteiger charge is -2.16. The highest BCUT2D eigenvalue weighted by molar-refractivity contribution is 6.57.